The van der Waals surface area contributed by atoms with E-state index in [1.54, 1.807) is 36.4 Å². The number of primary sulfonamides is 1. The van der Waals surface area contributed by atoms with Crippen molar-refractivity contribution >= 4 is 20.8 Å². The number of aromatic nitrogens is 2. The molecule has 30 heavy (non-hydrogen) atoms. The van der Waals surface area contributed by atoms with Crippen molar-refractivity contribution < 1.29 is 12.8 Å². The summed E-state index contributed by atoms with van der Waals surface area (Å²) in [5.74, 6) is -0.429. The molecule has 0 saturated heterocycles. The van der Waals surface area contributed by atoms with E-state index in [0.717, 1.165) is 0 Å². The fraction of sp³-hybridized carbons (Fsp3) is 0.0909. The summed E-state index contributed by atoms with van der Waals surface area (Å²) in [6.45, 7) is 1.83. The average Bonchev–Trinajstić information content (AvgIpc) is 2.74. The molecule has 3 aromatic carbocycles. The Morgan fingerprint density at radius 3 is 2.27 bits per heavy atom. The normalized spacial score (nSPS) is 11.7. The largest absolute Gasteiger partial charge is 0.279 e. The molecular formula is C22H18FN3O3S. The van der Waals surface area contributed by atoms with E-state index in [0.29, 0.717) is 39.7 Å². The Labute approximate surface area is 172 Å². The van der Waals surface area contributed by atoms with Crippen LogP contribution in [0, 0.1) is 5.82 Å². The van der Waals surface area contributed by atoms with Gasteiger partial charge >= 0.3 is 0 Å². The second kappa shape index (κ2) is 7.47. The second-order valence-corrected chi connectivity index (χ2v) is 8.30. The van der Waals surface area contributed by atoms with Crippen molar-refractivity contribution in [3.8, 4) is 16.9 Å². The summed E-state index contributed by atoms with van der Waals surface area (Å²) in [5.41, 5.74) is 1.56. The topological polar surface area (TPSA) is 95.0 Å². The Balaban J connectivity index is 2.12. The van der Waals surface area contributed by atoms with Crippen molar-refractivity contribution in [3.05, 3.63) is 88.5 Å². The quantitative estimate of drug-likeness (QED) is 0.544. The minimum Gasteiger partial charge on any atom is -0.267 e. The molecule has 0 saturated carbocycles. The van der Waals surface area contributed by atoms with E-state index < -0.39 is 15.8 Å². The molecule has 0 spiro atoms. The number of nitrogens with zero attached hydrogens (tertiary/aromatic N) is 2. The van der Waals surface area contributed by atoms with E-state index in [1.807, 2.05) is 6.92 Å². The van der Waals surface area contributed by atoms with Crippen molar-refractivity contribution in [2.45, 2.75) is 18.2 Å². The van der Waals surface area contributed by atoms with E-state index in [1.165, 1.54) is 35.0 Å². The van der Waals surface area contributed by atoms with Gasteiger partial charge in [0.2, 0.25) is 10.0 Å². The van der Waals surface area contributed by atoms with Gasteiger partial charge in [-0.3, -0.25) is 4.79 Å². The summed E-state index contributed by atoms with van der Waals surface area (Å²) in [6, 6.07) is 17.2. The van der Waals surface area contributed by atoms with Gasteiger partial charge in [0.1, 0.15) is 5.82 Å². The zero-order valence-electron chi connectivity index (χ0n) is 16.0. The van der Waals surface area contributed by atoms with Gasteiger partial charge in [0, 0.05) is 10.9 Å². The molecule has 0 fully saturated rings. The van der Waals surface area contributed by atoms with Crippen molar-refractivity contribution in [1.82, 2.24) is 9.78 Å². The Kier molecular flexibility index (Phi) is 4.97. The highest BCUT2D eigenvalue weighted by Crippen LogP contribution is 2.31. The molecule has 4 aromatic rings. The third kappa shape index (κ3) is 3.40. The van der Waals surface area contributed by atoms with Gasteiger partial charge in [0.15, 0.2) is 0 Å². The molecule has 2 N–H and O–H groups in total. The summed E-state index contributed by atoms with van der Waals surface area (Å²) >= 11 is 0. The molecule has 0 bridgehead atoms. The van der Waals surface area contributed by atoms with Crippen molar-refractivity contribution in [1.29, 1.82) is 0 Å². The summed E-state index contributed by atoms with van der Waals surface area (Å²) in [4.78, 5) is 13.1. The van der Waals surface area contributed by atoms with E-state index in [-0.39, 0.29) is 10.5 Å². The molecule has 0 aliphatic rings. The van der Waals surface area contributed by atoms with Crippen molar-refractivity contribution in [2.75, 3.05) is 0 Å². The van der Waals surface area contributed by atoms with Crippen LogP contribution in [-0.2, 0) is 16.4 Å². The minimum absolute atomic E-state index is 0.0212. The fourth-order valence-electron chi connectivity index (χ4n) is 3.56. The first-order chi connectivity index (χ1) is 14.3. The highest BCUT2D eigenvalue weighted by atomic mass is 32.2. The lowest BCUT2D eigenvalue weighted by atomic mass is 9.98. The fourth-order valence-corrected chi connectivity index (χ4v) is 4.43. The molecule has 152 valence electrons. The maximum atomic E-state index is 13.4. The number of halogens is 1. The number of fused-ring (bicyclic) bond motifs is 1. The van der Waals surface area contributed by atoms with Gasteiger partial charge in [-0.25, -0.2) is 17.9 Å². The zero-order chi connectivity index (χ0) is 21.5. The highest BCUT2D eigenvalue weighted by Gasteiger charge is 2.20. The van der Waals surface area contributed by atoms with Gasteiger partial charge in [0.05, 0.1) is 21.7 Å². The smallest absolute Gasteiger partial charge is 0.267 e. The number of nitrogens with two attached hydrogens (primary N) is 1. The van der Waals surface area contributed by atoms with Crippen LogP contribution >= 0.6 is 0 Å². The average molecular weight is 423 g/mol. The lowest BCUT2D eigenvalue weighted by Gasteiger charge is -2.15. The van der Waals surface area contributed by atoms with Gasteiger partial charge < -0.3 is 0 Å². The summed E-state index contributed by atoms with van der Waals surface area (Å²) in [7, 11) is -3.94. The van der Waals surface area contributed by atoms with Gasteiger partial charge in [0.25, 0.3) is 5.56 Å². The van der Waals surface area contributed by atoms with Crippen LogP contribution < -0.4 is 10.7 Å². The van der Waals surface area contributed by atoms with E-state index in [4.69, 9.17) is 5.14 Å². The number of sulfonamides is 1. The third-order valence-corrected chi connectivity index (χ3v) is 5.92. The molecule has 1 heterocycles. The first-order valence-electron chi connectivity index (χ1n) is 9.24. The first-order valence-corrected chi connectivity index (χ1v) is 10.8. The predicted molar refractivity (Wildman–Crippen MR) is 113 cm³/mol. The Morgan fingerprint density at radius 2 is 1.63 bits per heavy atom. The van der Waals surface area contributed by atoms with Crippen molar-refractivity contribution in [3.63, 3.8) is 0 Å². The molecule has 8 heteroatoms. The number of benzene rings is 3. The van der Waals surface area contributed by atoms with Crippen molar-refractivity contribution in [2.24, 2.45) is 5.14 Å². The van der Waals surface area contributed by atoms with E-state index in [2.05, 4.69) is 5.10 Å². The molecule has 1 aromatic heterocycles. The van der Waals surface area contributed by atoms with E-state index >= 15 is 0 Å². The van der Waals surface area contributed by atoms with Crippen LogP contribution in [-0.4, -0.2) is 18.2 Å². The molecule has 4 rings (SSSR count). The maximum absolute atomic E-state index is 13.4. The Bertz CT molecular complexity index is 1430. The highest BCUT2D eigenvalue weighted by molar-refractivity contribution is 7.89. The number of hydrogen-bond donors (Lipinski definition) is 1. The molecule has 0 aliphatic carbocycles. The second-order valence-electron chi connectivity index (χ2n) is 6.77. The molecule has 0 atom stereocenters. The van der Waals surface area contributed by atoms with Gasteiger partial charge in [-0.1, -0.05) is 37.3 Å². The number of rotatable bonds is 4. The van der Waals surface area contributed by atoms with Crippen LogP contribution in [0.5, 0.6) is 0 Å². The summed E-state index contributed by atoms with van der Waals surface area (Å²) in [6.07, 6.45) is 0.396. The SMILES string of the molecule is CCc1c(-c2nn(-c3ccc(F)cc3)c(=O)c3ccccc23)cccc1S(N)(=O)=O. The van der Waals surface area contributed by atoms with Gasteiger partial charge in [-0.15, -0.1) is 0 Å². The van der Waals surface area contributed by atoms with Crippen LogP contribution in [0.1, 0.15) is 12.5 Å². The number of hydrogen-bond acceptors (Lipinski definition) is 4. The van der Waals surface area contributed by atoms with Crippen LogP contribution in [0.4, 0.5) is 4.39 Å². The van der Waals surface area contributed by atoms with Gasteiger partial charge in [-0.2, -0.15) is 9.78 Å². The Hall–Kier alpha value is -3.36. The molecule has 0 aliphatic heterocycles. The predicted octanol–water partition coefficient (Wildman–Crippen LogP) is 3.40. The minimum atomic E-state index is -3.94. The molecular weight excluding hydrogens is 405 g/mol. The molecule has 0 unspecified atom stereocenters. The van der Waals surface area contributed by atoms with E-state index in [9.17, 15) is 17.6 Å². The molecule has 0 radical (unpaired) electrons. The van der Waals surface area contributed by atoms with Crippen LogP contribution in [0.2, 0.25) is 0 Å². The monoisotopic (exact) mass is 423 g/mol. The van der Waals surface area contributed by atoms with Crippen LogP contribution in [0.25, 0.3) is 27.7 Å². The standard InChI is InChI=1S/C22H18FN3O3S/c1-2-16-17(8-5-9-20(16)30(24,28)29)21-18-6-3-4-7-19(18)22(27)26(25-21)15-12-10-14(23)11-13-15/h3-13H,2H2,1H3,(H2,24,28,29). The molecule has 6 nitrogen and oxygen atoms in total. The van der Waals surface area contributed by atoms with Gasteiger partial charge in [-0.05, 0) is 48.4 Å². The Morgan fingerprint density at radius 1 is 0.967 bits per heavy atom. The zero-order valence-corrected chi connectivity index (χ0v) is 16.9. The summed E-state index contributed by atoms with van der Waals surface area (Å²) < 4.78 is 38.8. The summed E-state index contributed by atoms with van der Waals surface area (Å²) in [5, 5.41) is 11.0. The molecule has 0 amide bonds. The third-order valence-electron chi connectivity index (χ3n) is 4.92. The lowest BCUT2D eigenvalue weighted by molar-refractivity contribution is 0.596. The van der Waals surface area contributed by atoms with Crippen LogP contribution in [0.15, 0.2) is 76.4 Å². The maximum Gasteiger partial charge on any atom is 0.279 e. The lowest BCUT2D eigenvalue weighted by Crippen LogP contribution is -2.22. The van der Waals surface area contributed by atoms with Crippen LogP contribution in [0.3, 0.4) is 0 Å². The first kappa shape index (κ1) is 19.9.